The predicted octanol–water partition coefficient (Wildman–Crippen LogP) is -1.24. The Bertz CT molecular complexity index is 445. The van der Waals surface area contributed by atoms with E-state index in [1.165, 1.54) is 4.90 Å². The highest BCUT2D eigenvalue weighted by molar-refractivity contribution is 7.50. The molecule has 150 valence electrons. The van der Waals surface area contributed by atoms with E-state index in [1.54, 1.807) is 27.7 Å². The number of amides is 1. The summed E-state index contributed by atoms with van der Waals surface area (Å²) in [6.45, 7) is 7.01. The standard InChI is InChI=1S/C14H31N2O8P/c1-5-15(6-2)14(21)13(20)12(19)11(18)10(17)9-24-25(22,23)16(7-3)8-4/h10-13,17-20H,5-9H2,1-4H3,(H,22,23)/t10-,11-,12+,13-/m1/s1. The van der Waals surface area contributed by atoms with Gasteiger partial charge in [0.25, 0.3) is 5.91 Å². The third-order valence-corrected chi connectivity index (χ3v) is 5.66. The summed E-state index contributed by atoms with van der Waals surface area (Å²) in [4.78, 5) is 23.0. The van der Waals surface area contributed by atoms with Crippen LogP contribution in [0.4, 0.5) is 0 Å². The van der Waals surface area contributed by atoms with Crippen LogP contribution in [0.5, 0.6) is 0 Å². The van der Waals surface area contributed by atoms with E-state index in [2.05, 4.69) is 0 Å². The van der Waals surface area contributed by atoms with Gasteiger partial charge in [0.05, 0.1) is 6.61 Å². The van der Waals surface area contributed by atoms with Gasteiger partial charge < -0.3 is 30.2 Å². The first-order chi connectivity index (χ1) is 11.6. The van der Waals surface area contributed by atoms with Gasteiger partial charge in [0, 0.05) is 26.2 Å². The summed E-state index contributed by atoms with van der Waals surface area (Å²) in [6.07, 6.45) is -7.62. The molecule has 0 aliphatic rings. The summed E-state index contributed by atoms with van der Waals surface area (Å²) in [7, 11) is -4.15. The highest BCUT2D eigenvalue weighted by Gasteiger charge is 2.37. The highest BCUT2D eigenvalue weighted by Crippen LogP contribution is 2.45. The molecule has 5 atom stereocenters. The Labute approximate surface area is 148 Å². The van der Waals surface area contributed by atoms with Crippen LogP contribution >= 0.6 is 7.75 Å². The van der Waals surface area contributed by atoms with E-state index in [-0.39, 0.29) is 13.1 Å². The molecule has 1 amide bonds. The molecular weight excluding hydrogens is 355 g/mol. The minimum Gasteiger partial charge on any atom is -0.388 e. The van der Waals surface area contributed by atoms with Crippen molar-refractivity contribution in [3.05, 3.63) is 0 Å². The first-order valence-corrected chi connectivity index (χ1v) is 9.83. The molecule has 10 nitrogen and oxygen atoms in total. The molecular formula is C14H31N2O8P. The Hall–Kier alpha value is -0.580. The fourth-order valence-corrected chi connectivity index (χ4v) is 3.44. The normalized spacial score (nSPS) is 19.1. The van der Waals surface area contributed by atoms with E-state index < -0.39 is 44.7 Å². The van der Waals surface area contributed by atoms with Crippen molar-refractivity contribution in [1.82, 2.24) is 9.57 Å². The van der Waals surface area contributed by atoms with E-state index in [9.17, 15) is 34.7 Å². The lowest BCUT2D eigenvalue weighted by molar-refractivity contribution is -0.157. The first kappa shape index (κ1) is 24.4. The summed E-state index contributed by atoms with van der Waals surface area (Å²) < 4.78 is 17.9. The molecule has 0 saturated heterocycles. The molecule has 0 heterocycles. The van der Waals surface area contributed by atoms with Gasteiger partial charge in [-0.05, 0) is 13.8 Å². The van der Waals surface area contributed by atoms with Crippen LogP contribution in [0.25, 0.3) is 0 Å². The highest BCUT2D eigenvalue weighted by atomic mass is 31.2. The van der Waals surface area contributed by atoms with Crippen molar-refractivity contribution in [1.29, 1.82) is 0 Å². The second kappa shape index (κ2) is 11.2. The Kier molecular flexibility index (Phi) is 10.9. The zero-order valence-corrected chi connectivity index (χ0v) is 16.0. The molecule has 0 rings (SSSR count). The fourth-order valence-electron chi connectivity index (χ4n) is 2.22. The van der Waals surface area contributed by atoms with Crippen molar-refractivity contribution in [2.75, 3.05) is 32.8 Å². The molecule has 0 bridgehead atoms. The Morgan fingerprint density at radius 1 is 0.960 bits per heavy atom. The second-order valence-corrected chi connectivity index (χ2v) is 7.23. The molecule has 0 aliphatic carbocycles. The van der Waals surface area contributed by atoms with Gasteiger partial charge in [0.2, 0.25) is 0 Å². The number of hydrogen-bond acceptors (Lipinski definition) is 7. The molecule has 11 heteroatoms. The van der Waals surface area contributed by atoms with Crippen LogP contribution in [0.15, 0.2) is 0 Å². The van der Waals surface area contributed by atoms with Crippen molar-refractivity contribution < 1.29 is 39.2 Å². The lowest BCUT2D eigenvalue weighted by Gasteiger charge is -2.30. The summed E-state index contributed by atoms with van der Waals surface area (Å²) in [5.74, 6) is -0.791. The van der Waals surface area contributed by atoms with Gasteiger partial charge >= 0.3 is 7.75 Å². The van der Waals surface area contributed by atoms with Gasteiger partial charge in [-0.25, -0.2) is 9.24 Å². The molecule has 0 aromatic carbocycles. The van der Waals surface area contributed by atoms with Crippen molar-refractivity contribution in [3.8, 4) is 0 Å². The van der Waals surface area contributed by atoms with Gasteiger partial charge in [-0.2, -0.15) is 0 Å². The van der Waals surface area contributed by atoms with Gasteiger partial charge in [0.1, 0.15) is 18.3 Å². The Morgan fingerprint density at radius 2 is 1.44 bits per heavy atom. The van der Waals surface area contributed by atoms with E-state index in [0.29, 0.717) is 13.1 Å². The minimum absolute atomic E-state index is 0.239. The average molecular weight is 386 g/mol. The summed E-state index contributed by atoms with van der Waals surface area (Å²) in [5, 5.41) is 39.5. The van der Waals surface area contributed by atoms with Crippen LogP contribution in [-0.4, -0.2) is 98.0 Å². The number of carbonyl (C=O) groups excluding carboxylic acids is 1. The van der Waals surface area contributed by atoms with Gasteiger partial charge in [-0.1, -0.05) is 13.8 Å². The number of hydrogen-bond donors (Lipinski definition) is 5. The summed E-state index contributed by atoms with van der Waals surface area (Å²) >= 11 is 0. The monoisotopic (exact) mass is 386 g/mol. The SMILES string of the molecule is CCN(CC)C(=O)[C@H](O)[C@@H](O)[C@H](O)[C@H](O)COP(=O)(O)N(CC)CC. The first-order valence-electron chi connectivity index (χ1n) is 8.30. The maximum Gasteiger partial charge on any atom is 0.405 e. The molecule has 0 aromatic heterocycles. The fraction of sp³-hybridized carbons (Fsp3) is 0.929. The van der Waals surface area contributed by atoms with Gasteiger partial charge in [-0.3, -0.25) is 9.32 Å². The lowest BCUT2D eigenvalue weighted by Crippen LogP contribution is -2.52. The van der Waals surface area contributed by atoms with Crippen molar-refractivity contribution in [2.24, 2.45) is 0 Å². The zero-order valence-electron chi connectivity index (χ0n) is 15.1. The molecule has 0 radical (unpaired) electrons. The van der Waals surface area contributed by atoms with Crippen molar-refractivity contribution in [3.63, 3.8) is 0 Å². The largest absolute Gasteiger partial charge is 0.405 e. The predicted molar refractivity (Wildman–Crippen MR) is 90.7 cm³/mol. The maximum absolute atomic E-state index is 12.0. The average Bonchev–Trinajstić information content (AvgIpc) is 2.59. The number of nitrogens with zero attached hydrogens (tertiary/aromatic N) is 2. The number of aliphatic hydroxyl groups is 4. The van der Waals surface area contributed by atoms with Crippen molar-refractivity contribution in [2.45, 2.75) is 52.1 Å². The Morgan fingerprint density at radius 3 is 1.84 bits per heavy atom. The molecule has 5 N–H and O–H groups in total. The summed E-state index contributed by atoms with van der Waals surface area (Å²) in [6, 6.07) is 0. The molecule has 0 aliphatic heterocycles. The van der Waals surface area contributed by atoms with Crippen LogP contribution in [0.1, 0.15) is 27.7 Å². The van der Waals surface area contributed by atoms with Crippen LogP contribution in [-0.2, 0) is 13.9 Å². The molecule has 25 heavy (non-hydrogen) atoms. The third-order valence-electron chi connectivity index (χ3n) is 3.90. The van der Waals surface area contributed by atoms with E-state index in [4.69, 9.17) is 4.52 Å². The van der Waals surface area contributed by atoms with Crippen LogP contribution in [0, 0.1) is 0 Å². The number of rotatable bonds is 12. The lowest BCUT2D eigenvalue weighted by atomic mass is 10.0. The smallest absolute Gasteiger partial charge is 0.388 e. The van der Waals surface area contributed by atoms with E-state index in [0.717, 1.165) is 4.67 Å². The maximum atomic E-state index is 12.0. The van der Waals surface area contributed by atoms with Crippen LogP contribution in [0.3, 0.4) is 0 Å². The van der Waals surface area contributed by atoms with Crippen molar-refractivity contribution >= 4 is 13.7 Å². The Balaban J connectivity index is 4.79. The van der Waals surface area contributed by atoms with Gasteiger partial charge in [-0.15, -0.1) is 0 Å². The number of aliphatic hydroxyl groups excluding tert-OH is 4. The number of likely N-dealkylation sites (N-methyl/N-ethyl adjacent to an activating group) is 1. The quantitative estimate of drug-likeness (QED) is 0.259. The van der Waals surface area contributed by atoms with E-state index >= 15 is 0 Å². The topological polar surface area (TPSA) is 151 Å². The molecule has 0 aromatic rings. The molecule has 1 unspecified atom stereocenters. The minimum atomic E-state index is -4.15. The third kappa shape index (κ3) is 6.92. The molecule has 0 saturated carbocycles. The van der Waals surface area contributed by atoms with E-state index in [1.807, 2.05) is 0 Å². The van der Waals surface area contributed by atoms with Gasteiger partial charge in [0.15, 0.2) is 6.10 Å². The van der Waals surface area contributed by atoms with Crippen LogP contribution in [0.2, 0.25) is 0 Å². The summed E-state index contributed by atoms with van der Waals surface area (Å²) in [5.41, 5.74) is 0. The second-order valence-electron chi connectivity index (χ2n) is 5.43. The number of carbonyl (C=O) groups is 1. The molecule has 0 fully saturated rings. The zero-order chi connectivity index (χ0) is 19.8. The van der Waals surface area contributed by atoms with Crippen LogP contribution < -0.4 is 0 Å². The molecule has 0 spiro atoms.